The van der Waals surface area contributed by atoms with E-state index in [-0.39, 0.29) is 36.2 Å². The molecule has 35 heavy (non-hydrogen) atoms. The van der Waals surface area contributed by atoms with E-state index in [4.69, 9.17) is 21.1 Å². The van der Waals surface area contributed by atoms with Crippen molar-refractivity contribution in [2.45, 2.75) is 84.8 Å². The van der Waals surface area contributed by atoms with E-state index in [1.807, 2.05) is 45.9 Å². The summed E-state index contributed by atoms with van der Waals surface area (Å²) >= 11 is 6.39. The Bertz CT molecular complexity index is 957. The largest absolute Gasteiger partial charge is 0.460 e. The van der Waals surface area contributed by atoms with Crippen LogP contribution in [0.15, 0.2) is 18.2 Å². The molecule has 1 aromatic carbocycles. The number of halogens is 1. The number of hydrogen-bond donors (Lipinski definition) is 0. The summed E-state index contributed by atoms with van der Waals surface area (Å²) in [5.74, 6) is -0.954. The van der Waals surface area contributed by atoms with Gasteiger partial charge < -0.3 is 14.4 Å². The number of benzene rings is 1. The van der Waals surface area contributed by atoms with Gasteiger partial charge in [0, 0.05) is 42.2 Å². The van der Waals surface area contributed by atoms with Crippen LogP contribution in [0, 0.1) is 11.8 Å². The second kappa shape index (κ2) is 10.4. The van der Waals surface area contributed by atoms with Crippen molar-refractivity contribution in [3.8, 4) is 0 Å². The van der Waals surface area contributed by atoms with Gasteiger partial charge in [-0.1, -0.05) is 24.6 Å². The number of rotatable bonds is 4. The Morgan fingerprint density at radius 2 is 1.63 bits per heavy atom. The van der Waals surface area contributed by atoms with Crippen LogP contribution in [0.1, 0.15) is 79.2 Å². The Morgan fingerprint density at radius 1 is 1.03 bits per heavy atom. The van der Waals surface area contributed by atoms with Crippen molar-refractivity contribution in [1.29, 1.82) is 0 Å². The lowest BCUT2D eigenvalue weighted by atomic mass is 9.85. The maximum absolute atomic E-state index is 13.2. The molecule has 8 heteroatoms. The third kappa shape index (κ3) is 6.69. The molecule has 0 aromatic heterocycles. The maximum Gasteiger partial charge on any atom is 0.417 e. The summed E-state index contributed by atoms with van der Waals surface area (Å²) in [6.07, 6.45) is 1.39. The molecular formula is C27H39ClN2O5. The molecule has 194 valence electrons. The van der Waals surface area contributed by atoms with Gasteiger partial charge in [0.25, 0.3) is 0 Å². The first kappa shape index (κ1) is 27.3. The van der Waals surface area contributed by atoms with Crippen LogP contribution in [0.4, 0.5) is 10.5 Å². The fourth-order valence-electron chi connectivity index (χ4n) is 4.89. The molecule has 2 fully saturated rings. The van der Waals surface area contributed by atoms with Crippen molar-refractivity contribution in [3.63, 3.8) is 0 Å². The molecule has 2 aliphatic heterocycles. The monoisotopic (exact) mass is 506 g/mol. The Labute approximate surface area is 214 Å². The topological polar surface area (TPSA) is 76.2 Å². The van der Waals surface area contributed by atoms with Crippen LogP contribution in [0.3, 0.4) is 0 Å². The van der Waals surface area contributed by atoms with Crippen molar-refractivity contribution >= 4 is 35.3 Å². The van der Waals surface area contributed by atoms with Crippen LogP contribution in [0.2, 0.25) is 5.02 Å². The number of anilines is 1. The van der Waals surface area contributed by atoms with Gasteiger partial charge in [-0.3, -0.25) is 9.59 Å². The van der Waals surface area contributed by atoms with Crippen molar-refractivity contribution in [2.75, 3.05) is 24.5 Å². The Hall–Kier alpha value is -2.28. The summed E-state index contributed by atoms with van der Waals surface area (Å²) < 4.78 is 11.1. The van der Waals surface area contributed by atoms with Gasteiger partial charge in [-0.2, -0.15) is 0 Å². The summed E-state index contributed by atoms with van der Waals surface area (Å²) in [6.45, 7) is 14.6. The van der Waals surface area contributed by atoms with Crippen LogP contribution in [0.5, 0.6) is 0 Å². The minimum Gasteiger partial charge on any atom is -0.460 e. The first-order valence-electron chi connectivity index (χ1n) is 12.5. The number of likely N-dealkylation sites (tertiary alicyclic amines) is 1. The van der Waals surface area contributed by atoms with E-state index in [2.05, 4.69) is 4.90 Å². The second-order valence-electron chi connectivity index (χ2n) is 11.5. The van der Waals surface area contributed by atoms with E-state index in [1.165, 1.54) is 4.90 Å². The lowest BCUT2D eigenvalue weighted by molar-refractivity contribution is -0.160. The number of carbonyl (C=O) groups excluding carboxylic acids is 3. The SMILES string of the molecule is CC[C@H]1C(=O)N(C(=O)OC(C)(C)C)C[C@@H]1c1ccc(Cl)cc1N1CCC(C(=O)OC(C)(C)C)CC1. The fourth-order valence-corrected chi connectivity index (χ4v) is 5.05. The standard InChI is InChI=1S/C27H39ClN2O5/c1-8-19-21(16-30(23(19)31)25(33)35-27(5,6)7)20-10-9-18(28)15-22(20)29-13-11-17(12-14-29)24(32)34-26(2,3)4/h9-10,15,17,19,21H,8,11-14,16H2,1-7H3/t19-,21+/m1/s1. The van der Waals surface area contributed by atoms with Gasteiger partial charge in [0.1, 0.15) is 11.2 Å². The maximum atomic E-state index is 13.2. The van der Waals surface area contributed by atoms with Gasteiger partial charge in [-0.15, -0.1) is 0 Å². The van der Waals surface area contributed by atoms with Crippen LogP contribution in [-0.2, 0) is 19.1 Å². The number of imide groups is 1. The van der Waals surface area contributed by atoms with Gasteiger partial charge in [0.15, 0.2) is 0 Å². The second-order valence-corrected chi connectivity index (χ2v) is 12.0. The quantitative estimate of drug-likeness (QED) is 0.481. The summed E-state index contributed by atoms with van der Waals surface area (Å²) in [7, 11) is 0. The molecule has 0 spiro atoms. The van der Waals surface area contributed by atoms with Gasteiger partial charge in [0.2, 0.25) is 5.91 Å². The summed E-state index contributed by atoms with van der Waals surface area (Å²) in [4.78, 5) is 42.0. The van der Waals surface area contributed by atoms with Gasteiger partial charge >= 0.3 is 12.1 Å². The van der Waals surface area contributed by atoms with E-state index in [9.17, 15) is 14.4 Å². The molecule has 1 aromatic rings. The predicted octanol–water partition coefficient (Wildman–Crippen LogP) is 5.79. The fraction of sp³-hybridized carbons (Fsp3) is 0.667. The molecule has 3 rings (SSSR count). The van der Waals surface area contributed by atoms with E-state index in [0.717, 1.165) is 11.3 Å². The molecular weight excluding hydrogens is 468 g/mol. The minimum absolute atomic E-state index is 0.132. The van der Waals surface area contributed by atoms with E-state index in [1.54, 1.807) is 20.8 Å². The first-order chi connectivity index (χ1) is 16.2. The zero-order valence-electron chi connectivity index (χ0n) is 22.0. The molecule has 2 aliphatic rings. The van der Waals surface area contributed by atoms with Crippen molar-refractivity contribution < 1.29 is 23.9 Å². The molecule has 2 saturated heterocycles. The molecule has 0 radical (unpaired) electrons. The molecule has 0 N–H and O–H groups in total. The highest BCUT2D eigenvalue weighted by molar-refractivity contribution is 6.30. The van der Waals surface area contributed by atoms with Crippen molar-refractivity contribution in [1.82, 2.24) is 4.90 Å². The van der Waals surface area contributed by atoms with E-state index >= 15 is 0 Å². The van der Waals surface area contributed by atoms with Crippen LogP contribution < -0.4 is 4.90 Å². The summed E-state index contributed by atoms with van der Waals surface area (Å²) in [5, 5.41) is 0.611. The minimum atomic E-state index is -0.679. The zero-order valence-corrected chi connectivity index (χ0v) is 22.8. The van der Waals surface area contributed by atoms with Crippen molar-refractivity contribution in [3.05, 3.63) is 28.8 Å². The molecule has 0 bridgehead atoms. The third-order valence-corrected chi connectivity index (χ3v) is 6.70. The van der Waals surface area contributed by atoms with Crippen LogP contribution in [0.25, 0.3) is 0 Å². The number of carbonyl (C=O) groups is 3. The first-order valence-corrected chi connectivity index (χ1v) is 12.9. The average Bonchev–Trinajstić information content (AvgIpc) is 3.07. The Morgan fingerprint density at radius 3 is 2.17 bits per heavy atom. The number of amides is 2. The third-order valence-electron chi connectivity index (χ3n) is 6.47. The molecule has 0 aliphatic carbocycles. The van der Waals surface area contributed by atoms with Crippen LogP contribution >= 0.6 is 11.6 Å². The highest BCUT2D eigenvalue weighted by Gasteiger charge is 2.45. The van der Waals surface area contributed by atoms with E-state index < -0.39 is 17.3 Å². The highest BCUT2D eigenvalue weighted by Crippen LogP contribution is 2.42. The van der Waals surface area contributed by atoms with Crippen molar-refractivity contribution in [2.24, 2.45) is 11.8 Å². The Balaban J connectivity index is 1.81. The summed E-state index contributed by atoms with van der Waals surface area (Å²) in [5.41, 5.74) is 0.776. The van der Waals surface area contributed by atoms with Gasteiger partial charge in [0.05, 0.1) is 5.92 Å². The number of esters is 1. The number of piperidine rings is 1. The lowest BCUT2D eigenvalue weighted by Gasteiger charge is -2.36. The molecule has 7 nitrogen and oxygen atoms in total. The highest BCUT2D eigenvalue weighted by atomic mass is 35.5. The Kier molecular flexibility index (Phi) is 8.09. The number of nitrogens with zero attached hydrogens (tertiary/aromatic N) is 2. The summed E-state index contributed by atoms with van der Waals surface area (Å²) in [6, 6.07) is 5.73. The smallest absolute Gasteiger partial charge is 0.417 e. The number of hydrogen-bond acceptors (Lipinski definition) is 6. The van der Waals surface area contributed by atoms with Gasteiger partial charge in [-0.25, -0.2) is 9.69 Å². The van der Waals surface area contributed by atoms with Gasteiger partial charge in [-0.05, 0) is 78.5 Å². The molecule has 0 unspecified atom stereocenters. The number of ether oxygens (including phenoxy) is 2. The molecule has 0 saturated carbocycles. The van der Waals surface area contributed by atoms with Crippen LogP contribution in [-0.4, -0.2) is 53.7 Å². The zero-order chi connectivity index (χ0) is 26.1. The normalized spacial score (nSPS) is 21.9. The van der Waals surface area contributed by atoms with E-state index in [0.29, 0.717) is 37.4 Å². The predicted molar refractivity (Wildman–Crippen MR) is 137 cm³/mol. The lowest BCUT2D eigenvalue weighted by Crippen LogP contribution is -2.39. The molecule has 2 heterocycles. The molecule has 2 amide bonds. The molecule has 2 atom stereocenters. The average molecular weight is 507 g/mol.